The standard InChI is InChI=1S/C14H17NO3S2/c1-3-15(13-6-4-5-11(2)7-13)20(17,18)14-8-12(9-16)10-19-14/h4-8,10,16H,3,9H2,1-2H3. The second-order valence-corrected chi connectivity index (χ2v) is 7.44. The summed E-state index contributed by atoms with van der Waals surface area (Å²) < 4.78 is 27.0. The van der Waals surface area contributed by atoms with Crippen molar-refractivity contribution in [3.05, 3.63) is 46.8 Å². The minimum Gasteiger partial charge on any atom is -0.392 e. The highest BCUT2D eigenvalue weighted by Crippen LogP contribution is 2.28. The van der Waals surface area contributed by atoms with Gasteiger partial charge < -0.3 is 5.11 Å². The van der Waals surface area contributed by atoms with Crippen molar-refractivity contribution in [3.63, 3.8) is 0 Å². The number of benzene rings is 1. The number of rotatable bonds is 5. The van der Waals surface area contributed by atoms with Crippen LogP contribution in [0.2, 0.25) is 0 Å². The van der Waals surface area contributed by atoms with Crippen molar-refractivity contribution in [1.82, 2.24) is 0 Å². The predicted octanol–water partition coefficient (Wildman–Crippen LogP) is 2.76. The first-order valence-corrected chi connectivity index (χ1v) is 8.58. The largest absolute Gasteiger partial charge is 0.392 e. The van der Waals surface area contributed by atoms with Crippen LogP contribution in [0.15, 0.2) is 39.9 Å². The Balaban J connectivity index is 2.44. The average molecular weight is 311 g/mol. The third-order valence-corrected chi connectivity index (χ3v) is 6.30. The zero-order valence-corrected chi connectivity index (χ0v) is 13.0. The molecule has 0 bridgehead atoms. The first kappa shape index (κ1) is 15.0. The molecule has 1 aromatic heterocycles. The van der Waals surface area contributed by atoms with Gasteiger partial charge in [0, 0.05) is 6.54 Å². The molecule has 0 saturated heterocycles. The smallest absolute Gasteiger partial charge is 0.273 e. The molecule has 0 radical (unpaired) electrons. The van der Waals surface area contributed by atoms with Crippen molar-refractivity contribution in [2.45, 2.75) is 24.7 Å². The summed E-state index contributed by atoms with van der Waals surface area (Å²) in [5.41, 5.74) is 2.29. The van der Waals surface area contributed by atoms with E-state index in [1.165, 1.54) is 10.4 Å². The van der Waals surface area contributed by atoms with Crippen LogP contribution in [0.4, 0.5) is 5.69 Å². The fourth-order valence-electron chi connectivity index (χ4n) is 1.95. The van der Waals surface area contributed by atoms with E-state index in [0.29, 0.717) is 17.8 Å². The summed E-state index contributed by atoms with van der Waals surface area (Å²) in [4.78, 5) is 0. The summed E-state index contributed by atoms with van der Waals surface area (Å²) in [6.07, 6.45) is 0. The van der Waals surface area contributed by atoms with Gasteiger partial charge in [0.05, 0.1) is 12.3 Å². The van der Waals surface area contributed by atoms with E-state index in [2.05, 4.69) is 0 Å². The molecule has 6 heteroatoms. The molecular weight excluding hydrogens is 294 g/mol. The Morgan fingerprint density at radius 3 is 2.60 bits per heavy atom. The maximum absolute atomic E-state index is 12.7. The van der Waals surface area contributed by atoms with E-state index in [0.717, 1.165) is 16.9 Å². The maximum Gasteiger partial charge on any atom is 0.273 e. The van der Waals surface area contributed by atoms with E-state index in [-0.39, 0.29) is 10.8 Å². The molecule has 1 aromatic carbocycles. The molecule has 4 nitrogen and oxygen atoms in total. The van der Waals surface area contributed by atoms with Gasteiger partial charge >= 0.3 is 0 Å². The van der Waals surface area contributed by atoms with Crippen molar-refractivity contribution < 1.29 is 13.5 Å². The quantitative estimate of drug-likeness (QED) is 0.923. The van der Waals surface area contributed by atoms with Crippen molar-refractivity contribution in [2.75, 3.05) is 10.8 Å². The van der Waals surface area contributed by atoms with Crippen molar-refractivity contribution in [1.29, 1.82) is 0 Å². The van der Waals surface area contributed by atoms with Crippen molar-refractivity contribution >= 4 is 27.0 Å². The lowest BCUT2D eigenvalue weighted by molar-refractivity contribution is 0.282. The van der Waals surface area contributed by atoms with Crippen molar-refractivity contribution in [3.8, 4) is 0 Å². The van der Waals surface area contributed by atoms with Gasteiger partial charge in [0.2, 0.25) is 0 Å². The van der Waals surface area contributed by atoms with Crippen LogP contribution < -0.4 is 4.31 Å². The molecule has 0 aliphatic carbocycles. The number of aliphatic hydroxyl groups excluding tert-OH is 1. The van der Waals surface area contributed by atoms with E-state index < -0.39 is 10.0 Å². The van der Waals surface area contributed by atoms with Crippen LogP contribution >= 0.6 is 11.3 Å². The van der Waals surface area contributed by atoms with Gasteiger partial charge in [0.25, 0.3) is 10.0 Å². The molecule has 2 rings (SSSR count). The van der Waals surface area contributed by atoms with E-state index in [1.54, 1.807) is 18.4 Å². The number of thiophene rings is 1. The summed E-state index contributed by atoms with van der Waals surface area (Å²) in [5, 5.41) is 10.7. The Morgan fingerprint density at radius 1 is 1.30 bits per heavy atom. The molecule has 0 spiro atoms. The first-order valence-electron chi connectivity index (χ1n) is 6.26. The molecule has 0 saturated carbocycles. The highest BCUT2D eigenvalue weighted by atomic mass is 32.2. The summed E-state index contributed by atoms with van der Waals surface area (Å²) in [6.45, 7) is 3.94. The van der Waals surface area contributed by atoms with Crippen LogP contribution in [0.3, 0.4) is 0 Å². The number of aryl methyl sites for hydroxylation is 1. The normalized spacial score (nSPS) is 11.6. The molecule has 0 unspecified atom stereocenters. The SMILES string of the molecule is CCN(c1cccc(C)c1)S(=O)(=O)c1cc(CO)cs1. The molecule has 20 heavy (non-hydrogen) atoms. The molecular formula is C14H17NO3S2. The highest BCUT2D eigenvalue weighted by Gasteiger charge is 2.25. The molecule has 0 amide bonds. The molecule has 1 heterocycles. The van der Waals surface area contributed by atoms with Gasteiger partial charge in [-0.1, -0.05) is 12.1 Å². The average Bonchev–Trinajstić information content (AvgIpc) is 2.89. The number of nitrogens with zero attached hydrogens (tertiary/aromatic N) is 1. The second kappa shape index (κ2) is 5.95. The van der Waals surface area contributed by atoms with Crippen LogP contribution in [0.5, 0.6) is 0 Å². The third-order valence-electron chi connectivity index (χ3n) is 2.93. The third kappa shape index (κ3) is 2.87. The van der Waals surface area contributed by atoms with Crippen LogP contribution in [-0.2, 0) is 16.6 Å². The lowest BCUT2D eigenvalue weighted by Crippen LogP contribution is -2.30. The minimum atomic E-state index is -3.57. The molecule has 2 aromatic rings. The monoisotopic (exact) mass is 311 g/mol. The fraction of sp³-hybridized carbons (Fsp3) is 0.286. The van der Waals surface area contributed by atoms with E-state index in [9.17, 15) is 8.42 Å². The summed E-state index contributed by atoms with van der Waals surface area (Å²) in [6, 6.07) is 8.93. The molecule has 108 valence electrons. The topological polar surface area (TPSA) is 57.6 Å². The van der Waals surface area contributed by atoms with E-state index in [1.807, 2.05) is 25.1 Å². The Hall–Kier alpha value is -1.37. The molecule has 1 N–H and O–H groups in total. The lowest BCUT2D eigenvalue weighted by atomic mass is 10.2. The number of hydrogen-bond acceptors (Lipinski definition) is 4. The van der Waals surface area contributed by atoms with Gasteiger partial charge in [-0.15, -0.1) is 11.3 Å². The van der Waals surface area contributed by atoms with Gasteiger partial charge in [-0.25, -0.2) is 8.42 Å². The first-order chi connectivity index (χ1) is 9.48. The number of anilines is 1. The molecule has 0 aliphatic heterocycles. The molecule has 0 fully saturated rings. The van der Waals surface area contributed by atoms with E-state index in [4.69, 9.17) is 5.11 Å². The van der Waals surface area contributed by atoms with Gasteiger partial charge in [-0.3, -0.25) is 4.31 Å². The Bertz CT molecular complexity index is 692. The summed E-state index contributed by atoms with van der Waals surface area (Å²) >= 11 is 1.13. The Morgan fingerprint density at radius 2 is 2.05 bits per heavy atom. The number of aliphatic hydroxyl groups is 1. The fourth-order valence-corrected chi connectivity index (χ4v) is 4.73. The van der Waals surface area contributed by atoms with Crippen LogP contribution in [-0.4, -0.2) is 20.1 Å². The number of hydrogen-bond donors (Lipinski definition) is 1. The van der Waals surface area contributed by atoms with Crippen LogP contribution in [0.1, 0.15) is 18.1 Å². The summed E-state index contributed by atoms with van der Waals surface area (Å²) in [5.74, 6) is 0. The Kier molecular flexibility index (Phi) is 4.47. The second-order valence-electron chi connectivity index (χ2n) is 4.44. The highest BCUT2D eigenvalue weighted by molar-refractivity contribution is 7.94. The number of sulfonamides is 1. The lowest BCUT2D eigenvalue weighted by Gasteiger charge is -2.22. The summed E-state index contributed by atoms with van der Waals surface area (Å²) in [7, 11) is -3.57. The predicted molar refractivity (Wildman–Crippen MR) is 81.6 cm³/mol. The zero-order valence-electron chi connectivity index (χ0n) is 11.4. The maximum atomic E-state index is 12.7. The minimum absolute atomic E-state index is 0.150. The van der Waals surface area contributed by atoms with Gasteiger partial charge in [0.15, 0.2) is 0 Å². The van der Waals surface area contributed by atoms with Gasteiger partial charge in [-0.2, -0.15) is 0 Å². The van der Waals surface area contributed by atoms with E-state index >= 15 is 0 Å². The Labute approximate surface area is 123 Å². The zero-order chi connectivity index (χ0) is 14.8. The van der Waals surface area contributed by atoms with Crippen LogP contribution in [0, 0.1) is 6.92 Å². The molecule has 0 atom stereocenters. The van der Waals surface area contributed by atoms with Crippen LogP contribution in [0.25, 0.3) is 0 Å². The van der Waals surface area contributed by atoms with Crippen molar-refractivity contribution in [2.24, 2.45) is 0 Å². The van der Waals surface area contributed by atoms with Gasteiger partial charge in [-0.05, 0) is 48.6 Å². The molecule has 0 aliphatic rings. The van der Waals surface area contributed by atoms with Gasteiger partial charge in [0.1, 0.15) is 4.21 Å².